The fourth-order valence-corrected chi connectivity index (χ4v) is 3.67. The van der Waals surface area contributed by atoms with E-state index in [1.54, 1.807) is 6.07 Å². The van der Waals surface area contributed by atoms with Gasteiger partial charge in [0, 0.05) is 11.6 Å². The molecule has 8 nitrogen and oxygen atoms in total. The lowest BCUT2D eigenvalue weighted by Crippen LogP contribution is -2.21. The number of hydrogen-bond donors (Lipinski definition) is 2. The molecule has 0 unspecified atom stereocenters. The van der Waals surface area contributed by atoms with Crippen LogP contribution >= 0.6 is 27.3 Å². The molecule has 0 radical (unpaired) electrons. The third-order valence-corrected chi connectivity index (χ3v) is 5.32. The maximum absolute atomic E-state index is 13.8. The number of carbonyl (C=O) groups excluding carboxylic acids is 3. The maximum atomic E-state index is 13.8. The first-order valence-corrected chi connectivity index (χ1v) is 9.82. The van der Waals surface area contributed by atoms with Crippen molar-refractivity contribution < 1.29 is 33.0 Å². The standard InChI is InChI=1S/C18H18BrFN2O6S/c1-9-14(18(25)27-6-5-26-2)17(29-15(9)16(21)24)22-13(23)8-28-12-4-3-10(19)7-11(12)20/h3-4,7H,5-6,8H2,1-2H3,(H2,21,24)(H,22,23). The van der Waals surface area contributed by atoms with Gasteiger partial charge in [-0.3, -0.25) is 9.59 Å². The molecule has 2 aromatic rings. The number of methoxy groups -OCH3 is 1. The van der Waals surface area contributed by atoms with Crippen molar-refractivity contribution in [1.82, 2.24) is 0 Å². The molecule has 156 valence electrons. The molecule has 2 rings (SSSR count). The van der Waals surface area contributed by atoms with Crippen molar-refractivity contribution in [2.24, 2.45) is 5.73 Å². The Morgan fingerprint density at radius 3 is 2.62 bits per heavy atom. The van der Waals surface area contributed by atoms with Gasteiger partial charge in [0.15, 0.2) is 18.2 Å². The third-order valence-electron chi connectivity index (χ3n) is 3.60. The topological polar surface area (TPSA) is 117 Å². The van der Waals surface area contributed by atoms with Crippen molar-refractivity contribution in [1.29, 1.82) is 0 Å². The van der Waals surface area contributed by atoms with Gasteiger partial charge in [0.05, 0.1) is 17.0 Å². The summed E-state index contributed by atoms with van der Waals surface area (Å²) >= 11 is 3.96. The first kappa shape index (κ1) is 22.8. The van der Waals surface area contributed by atoms with E-state index >= 15 is 0 Å². The zero-order valence-corrected chi connectivity index (χ0v) is 17.9. The molecule has 0 atom stereocenters. The third kappa shape index (κ3) is 5.99. The summed E-state index contributed by atoms with van der Waals surface area (Å²) in [4.78, 5) is 36.3. The van der Waals surface area contributed by atoms with Crippen molar-refractivity contribution in [3.05, 3.63) is 44.5 Å². The number of nitrogens with one attached hydrogen (secondary N) is 1. The van der Waals surface area contributed by atoms with Crippen molar-refractivity contribution in [3.8, 4) is 5.75 Å². The first-order valence-electron chi connectivity index (χ1n) is 8.21. The second-order valence-electron chi connectivity index (χ2n) is 5.66. The van der Waals surface area contributed by atoms with Gasteiger partial charge < -0.3 is 25.3 Å². The molecule has 1 aromatic carbocycles. The minimum Gasteiger partial charge on any atom is -0.481 e. The lowest BCUT2D eigenvalue weighted by molar-refractivity contribution is -0.118. The molecule has 0 saturated heterocycles. The van der Waals surface area contributed by atoms with E-state index in [0.717, 1.165) is 11.3 Å². The Bertz CT molecular complexity index is 933. The van der Waals surface area contributed by atoms with Gasteiger partial charge in [0.1, 0.15) is 11.6 Å². The predicted molar refractivity (Wildman–Crippen MR) is 108 cm³/mol. The number of primary amides is 1. The Hall–Kier alpha value is -2.50. The molecule has 0 bridgehead atoms. The van der Waals surface area contributed by atoms with E-state index < -0.39 is 30.2 Å². The number of ether oxygens (including phenoxy) is 3. The summed E-state index contributed by atoms with van der Waals surface area (Å²) in [7, 11) is 1.45. The van der Waals surface area contributed by atoms with Gasteiger partial charge in [-0.2, -0.15) is 0 Å². The molecule has 0 spiro atoms. The van der Waals surface area contributed by atoms with Crippen LogP contribution in [0.5, 0.6) is 5.75 Å². The number of carbonyl (C=O) groups is 3. The molecule has 11 heteroatoms. The average Bonchev–Trinajstić information content (AvgIpc) is 2.97. The fraction of sp³-hybridized carbons (Fsp3) is 0.278. The zero-order valence-electron chi connectivity index (χ0n) is 15.5. The van der Waals surface area contributed by atoms with Crippen molar-refractivity contribution in [2.75, 3.05) is 32.2 Å². The lowest BCUT2D eigenvalue weighted by Gasteiger charge is -2.09. The van der Waals surface area contributed by atoms with Gasteiger partial charge in [-0.15, -0.1) is 11.3 Å². The minimum absolute atomic E-state index is 0.00410. The number of rotatable bonds is 9. The van der Waals surface area contributed by atoms with Crippen LogP contribution in [0.4, 0.5) is 9.39 Å². The van der Waals surface area contributed by atoms with E-state index in [2.05, 4.69) is 21.2 Å². The van der Waals surface area contributed by atoms with Crippen LogP contribution in [0.1, 0.15) is 25.6 Å². The van der Waals surface area contributed by atoms with Crippen LogP contribution < -0.4 is 15.8 Å². The molecule has 0 saturated carbocycles. The monoisotopic (exact) mass is 488 g/mol. The SMILES string of the molecule is COCCOC(=O)c1c(NC(=O)COc2ccc(Br)cc2F)sc(C(N)=O)c1C. The quantitative estimate of drug-likeness (QED) is 0.413. The van der Waals surface area contributed by atoms with Gasteiger partial charge in [0.2, 0.25) is 0 Å². The number of halogens is 2. The van der Waals surface area contributed by atoms with Crippen molar-refractivity contribution in [2.45, 2.75) is 6.92 Å². The van der Waals surface area contributed by atoms with Gasteiger partial charge in [-0.25, -0.2) is 9.18 Å². The Morgan fingerprint density at radius 2 is 2.00 bits per heavy atom. The summed E-state index contributed by atoms with van der Waals surface area (Å²) in [6.45, 7) is 1.19. The minimum atomic E-state index is -0.743. The predicted octanol–water partition coefficient (Wildman–Crippen LogP) is 2.88. The first-order chi connectivity index (χ1) is 13.7. The Balaban J connectivity index is 2.15. The average molecular weight is 489 g/mol. The van der Waals surface area contributed by atoms with Crippen LogP contribution in [0.25, 0.3) is 0 Å². The number of amides is 2. The van der Waals surface area contributed by atoms with E-state index in [1.807, 2.05) is 0 Å². The highest BCUT2D eigenvalue weighted by molar-refractivity contribution is 9.10. The highest BCUT2D eigenvalue weighted by Crippen LogP contribution is 2.33. The largest absolute Gasteiger partial charge is 0.481 e. The van der Waals surface area contributed by atoms with Crippen LogP contribution in [-0.2, 0) is 14.3 Å². The van der Waals surface area contributed by atoms with E-state index in [4.69, 9.17) is 19.9 Å². The normalized spacial score (nSPS) is 10.5. The Morgan fingerprint density at radius 1 is 1.28 bits per heavy atom. The smallest absolute Gasteiger partial charge is 0.341 e. The summed E-state index contributed by atoms with van der Waals surface area (Å²) in [5.74, 6) is -2.89. The number of nitrogens with two attached hydrogens (primary N) is 1. The second-order valence-corrected chi connectivity index (χ2v) is 7.60. The van der Waals surface area contributed by atoms with Crippen LogP contribution in [0, 0.1) is 12.7 Å². The summed E-state index contributed by atoms with van der Waals surface area (Å²) in [6, 6.07) is 4.13. The van der Waals surface area contributed by atoms with Crippen LogP contribution in [0.2, 0.25) is 0 Å². The zero-order chi connectivity index (χ0) is 21.6. The van der Waals surface area contributed by atoms with E-state index in [-0.39, 0.29) is 34.4 Å². The Kier molecular flexibility index (Phi) is 8.11. The molecule has 0 aliphatic carbocycles. The molecule has 1 aromatic heterocycles. The maximum Gasteiger partial charge on any atom is 0.341 e. The fourth-order valence-electron chi connectivity index (χ4n) is 2.27. The molecule has 29 heavy (non-hydrogen) atoms. The summed E-state index contributed by atoms with van der Waals surface area (Å²) in [5, 5.41) is 2.57. The van der Waals surface area contributed by atoms with Gasteiger partial charge in [-0.05, 0) is 30.7 Å². The van der Waals surface area contributed by atoms with Crippen LogP contribution in [0.3, 0.4) is 0 Å². The molecule has 0 fully saturated rings. The number of benzene rings is 1. The summed E-state index contributed by atoms with van der Waals surface area (Å²) in [5.41, 5.74) is 5.64. The summed E-state index contributed by atoms with van der Waals surface area (Å²) < 4.78 is 29.4. The molecular formula is C18H18BrFN2O6S. The Labute approximate surface area is 178 Å². The van der Waals surface area contributed by atoms with E-state index in [1.165, 1.54) is 26.2 Å². The van der Waals surface area contributed by atoms with Crippen LogP contribution in [-0.4, -0.2) is 44.7 Å². The van der Waals surface area contributed by atoms with Crippen LogP contribution in [0.15, 0.2) is 22.7 Å². The number of anilines is 1. The highest BCUT2D eigenvalue weighted by atomic mass is 79.9. The van der Waals surface area contributed by atoms with E-state index in [9.17, 15) is 18.8 Å². The molecule has 1 heterocycles. The van der Waals surface area contributed by atoms with Crippen molar-refractivity contribution >= 4 is 50.1 Å². The molecule has 3 N–H and O–H groups in total. The van der Waals surface area contributed by atoms with Crippen molar-refractivity contribution in [3.63, 3.8) is 0 Å². The van der Waals surface area contributed by atoms with Gasteiger partial charge >= 0.3 is 5.97 Å². The summed E-state index contributed by atoms with van der Waals surface area (Å²) in [6.07, 6.45) is 0. The van der Waals surface area contributed by atoms with Gasteiger partial charge in [0.25, 0.3) is 11.8 Å². The van der Waals surface area contributed by atoms with E-state index in [0.29, 0.717) is 10.0 Å². The highest BCUT2D eigenvalue weighted by Gasteiger charge is 2.26. The molecule has 0 aliphatic heterocycles. The number of thiophene rings is 1. The lowest BCUT2D eigenvalue weighted by atomic mass is 10.1. The molecular weight excluding hydrogens is 471 g/mol. The number of hydrogen-bond acceptors (Lipinski definition) is 7. The number of esters is 1. The van der Waals surface area contributed by atoms with Gasteiger partial charge in [-0.1, -0.05) is 15.9 Å². The second kappa shape index (κ2) is 10.3. The molecule has 2 amide bonds. The molecule has 0 aliphatic rings.